The van der Waals surface area contributed by atoms with Crippen LogP contribution in [0.25, 0.3) is 0 Å². The summed E-state index contributed by atoms with van der Waals surface area (Å²) in [6.07, 6.45) is 1.72. The van der Waals surface area contributed by atoms with Crippen molar-refractivity contribution in [1.29, 1.82) is 0 Å². The quantitative estimate of drug-likeness (QED) is 0.898. The zero-order chi connectivity index (χ0) is 13.1. The SMILES string of the molecule is Cc1ncccc1Oc1cc(N)nc(C(C)C)n1. The van der Waals surface area contributed by atoms with Crippen LogP contribution in [0.15, 0.2) is 24.4 Å². The number of anilines is 1. The van der Waals surface area contributed by atoms with Gasteiger partial charge in [-0.15, -0.1) is 0 Å². The topological polar surface area (TPSA) is 73.9 Å². The molecule has 0 fully saturated rings. The molecule has 2 heterocycles. The van der Waals surface area contributed by atoms with Crippen LogP contribution >= 0.6 is 0 Å². The molecule has 0 amide bonds. The van der Waals surface area contributed by atoms with Gasteiger partial charge in [0.05, 0.1) is 5.69 Å². The number of nitrogen functional groups attached to an aromatic ring is 1. The first-order valence-electron chi connectivity index (χ1n) is 5.80. The summed E-state index contributed by atoms with van der Waals surface area (Å²) in [5.41, 5.74) is 6.55. The van der Waals surface area contributed by atoms with Crippen LogP contribution < -0.4 is 10.5 Å². The average molecular weight is 244 g/mol. The Hall–Kier alpha value is -2.17. The molecule has 0 atom stereocenters. The summed E-state index contributed by atoms with van der Waals surface area (Å²) in [5.74, 6) is 2.40. The third-order valence-corrected chi connectivity index (χ3v) is 2.43. The maximum absolute atomic E-state index is 5.74. The van der Waals surface area contributed by atoms with Gasteiger partial charge in [0.25, 0.3) is 0 Å². The highest BCUT2D eigenvalue weighted by atomic mass is 16.5. The summed E-state index contributed by atoms with van der Waals surface area (Å²) in [4.78, 5) is 12.7. The van der Waals surface area contributed by atoms with Gasteiger partial charge in [0.2, 0.25) is 5.88 Å². The van der Waals surface area contributed by atoms with Gasteiger partial charge >= 0.3 is 0 Å². The van der Waals surface area contributed by atoms with Gasteiger partial charge in [0.1, 0.15) is 11.6 Å². The number of rotatable bonds is 3. The Bertz CT molecular complexity index is 554. The lowest BCUT2D eigenvalue weighted by atomic mass is 10.2. The normalized spacial score (nSPS) is 10.7. The smallest absolute Gasteiger partial charge is 0.224 e. The molecule has 0 aliphatic rings. The first-order chi connectivity index (χ1) is 8.56. The van der Waals surface area contributed by atoms with Crippen molar-refractivity contribution >= 4 is 5.82 Å². The molecule has 5 heteroatoms. The largest absolute Gasteiger partial charge is 0.437 e. The second-order valence-corrected chi connectivity index (χ2v) is 4.33. The monoisotopic (exact) mass is 244 g/mol. The molecule has 0 aliphatic heterocycles. The van der Waals surface area contributed by atoms with Crippen LogP contribution in [0, 0.1) is 6.92 Å². The molecule has 2 aromatic heterocycles. The number of aryl methyl sites for hydroxylation is 1. The molecule has 0 radical (unpaired) electrons. The van der Waals surface area contributed by atoms with E-state index in [1.807, 2.05) is 32.9 Å². The van der Waals surface area contributed by atoms with Crippen molar-refractivity contribution in [2.24, 2.45) is 0 Å². The van der Waals surface area contributed by atoms with E-state index in [1.54, 1.807) is 12.3 Å². The van der Waals surface area contributed by atoms with Crippen LogP contribution in [0.2, 0.25) is 0 Å². The lowest BCUT2D eigenvalue weighted by Gasteiger charge is -2.10. The summed E-state index contributed by atoms with van der Waals surface area (Å²) in [6, 6.07) is 5.27. The molecule has 18 heavy (non-hydrogen) atoms. The van der Waals surface area contributed by atoms with Gasteiger partial charge in [-0.05, 0) is 19.1 Å². The molecule has 0 aliphatic carbocycles. The number of hydrogen-bond donors (Lipinski definition) is 1. The summed E-state index contributed by atoms with van der Waals surface area (Å²) >= 11 is 0. The molecule has 0 aromatic carbocycles. The van der Waals surface area contributed by atoms with Crippen molar-refractivity contribution in [3.8, 4) is 11.6 Å². The second-order valence-electron chi connectivity index (χ2n) is 4.33. The van der Waals surface area contributed by atoms with E-state index in [-0.39, 0.29) is 5.92 Å². The highest BCUT2D eigenvalue weighted by Crippen LogP contribution is 2.24. The first kappa shape index (κ1) is 12.3. The van der Waals surface area contributed by atoms with E-state index in [2.05, 4.69) is 15.0 Å². The molecular weight excluding hydrogens is 228 g/mol. The summed E-state index contributed by atoms with van der Waals surface area (Å²) in [6.45, 7) is 5.89. The predicted molar refractivity (Wildman–Crippen MR) is 69.6 cm³/mol. The molecule has 2 aromatic rings. The number of nitrogens with two attached hydrogens (primary N) is 1. The molecule has 2 rings (SSSR count). The zero-order valence-corrected chi connectivity index (χ0v) is 10.7. The Kier molecular flexibility index (Phi) is 3.41. The van der Waals surface area contributed by atoms with Crippen LogP contribution in [0.4, 0.5) is 5.82 Å². The van der Waals surface area contributed by atoms with Crippen molar-refractivity contribution in [1.82, 2.24) is 15.0 Å². The number of nitrogens with zero attached hydrogens (tertiary/aromatic N) is 3. The van der Waals surface area contributed by atoms with E-state index >= 15 is 0 Å². The van der Waals surface area contributed by atoms with Crippen molar-refractivity contribution in [3.63, 3.8) is 0 Å². The van der Waals surface area contributed by atoms with E-state index in [9.17, 15) is 0 Å². The fourth-order valence-electron chi connectivity index (χ4n) is 1.46. The molecule has 0 bridgehead atoms. The van der Waals surface area contributed by atoms with Gasteiger partial charge in [-0.2, -0.15) is 4.98 Å². The van der Waals surface area contributed by atoms with Crippen LogP contribution in [0.5, 0.6) is 11.6 Å². The molecule has 5 nitrogen and oxygen atoms in total. The summed E-state index contributed by atoms with van der Waals surface area (Å²) in [7, 11) is 0. The molecule has 0 unspecified atom stereocenters. The number of pyridine rings is 1. The molecule has 0 spiro atoms. The fraction of sp³-hybridized carbons (Fsp3) is 0.308. The van der Waals surface area contributed by atoms with Crippen molar-refractivity contribution in [2.45, 2.75) is 26.7 Å². The minimum Gasteiger partial charge on any atom is -0.437 e. The Morgan fingerprint density at radius 3 is 2.72 bits per heavy atom. The highest BCUT2D eigenvalue weighted by molar-refractivity contribution is 5.37. The van der Waals surface area contributed by atoms with Gasteiger partial charge in [-0.25, -0.2) is 4.98 Å². The maximum Gasteiger partial charge on any atom is 0.224 e. The van der Waals surface area contributed by atoms with Crippen LogP contribution in [-0.2, 0) is 0 Å². The predicted octanol–water partition coefficient (Wildman–Crippen LogP) is 2.68. The number of ether oxygens (including phenoxy) is 1. The summed E-state index contributed by atoms with van der Waals surface area (Å²) in [5, 5.41) is 0. The lowest BCUT2D eigenvalue weighted by molar-refractivity contribution is 0.451. The second kappa shape index (κ2) is 5.00. The average Bonchev–Trinajstić information content (AvgIpc) is 2.31. The highest BCUT2D eigenvalue weighted by Gasteiger charge is 2.09. The molecule has 94 valence electrons. The Labute approximate surface area is 106 Å². The van der Waals surface area contributed by atoms with Crippen LogP contribution in [-0.4, -0.2) is 15.0 Å². The van der Waals surface area contributed by atoms with E-state index in [0.717, 1.165) is 5.69 Å². The molecule has 0 saturated carbocycles. The lowest BCUT2D eigenvalue weighted by Crippen LogP contribution is -2.03. The molecular formula is C13H16N4O. The van der Waals surface area contributed by atoms with E-state index in [4.69, 9.17) is 10.5 Å². The van der Waals surface area contributed by atoms with Crippen molar-refractivity contribution < 1.29 is 4.74 Å². The maximum atomic E-state index is 5.74. The molecule has 2 N–H and O–H groups in total. The Balaban J connectivity index is 2.32. The van der Waals surface area contributed by atoms with Crippen molar-refractivity contribution in [2.75, 3.05) is 5.73 Å². The Morgan fingerprint density at radius 1 is 1.28 bits per heavy atom. The number of hydrogen-bond acceptors (Lipinski definition) is 5. The minimum atomic E-state index is 0.200. The number of aromatic nitrogens is 3. The standard InChI is InChI=1S/C13H16N4O/c1-8(2)13-16-11(14)7-12(17-13)18-10-5-4-6-15-9(10)3/h4-8H,1-3H3,(H2,14,16,17). The van der Waals surface area contributed by atoms with Crippen LogP contribution in [0.1, 0.15) is 31.3 Å². The van der Waals surface area contributed by atoms with Gasteiger partial charge in [0, 0.05) is 18.2 Å². The minimum absolute atomic E-state index is 0.200. The summed E-state index contributed by atoms with van der Waals surface area (Å²) < 4.78 is 5.69. The van der Waals surface area contributed by atoms with E-state index in [1.165, 1.54) is 0 Å². The van der Waals surface area contributed by atoms with Gasteiger partial charge < -0.3 is 10.5 Å². The third kappa shape index (κ3) is 2.74. The van der Waals surface area contributed by atoms with E-state index < -0.39 is 0 Å². The van der Waals surface area contributed by atoms with Crippen molar-refractivity contribution in [3.05, 3.63) is 35.9 Å². The van der Waals surface area contributed by atoms with Crippen LogP contribution in [0.3, 0.4) is 0 Å². The Morgan fingerprint density at radius 2 is 2.06 bits per heavy atom. The fourth-order valence-corrected chi connectivity index (χ4v) is 1.46. The first-order valence-corrected chi connectivity index (χ1v) is 5.80. The third-order valence-electron chi connectivity index (χ3n) is 2.43. The van der Waals surface area contributed by atoms with Gasteiger partial charge in [0.15, 0.2) is 5.75 Å². The molecule has 0 saturated heterocycles. The van der Waals surface area contributed by atoms with Gasteiger partial charge in [-0.1, -0.05) is 13.8 Å². The van der Waals surface area contributed by atoms with E-state index in [0.29, 0.717) is 23.3 Å². The van der Waals surface area contributed by atoms with Gasteiger partial charge in [-0.3, -0.25) is 4.98 Å². The zero-order valence-electron chi connectivity index (χ0n) is 10.7.